The summed E-state index contributed by atoms with van der Waals surface area (Å²) in [4.78, 5) is 25.9. The molecule has 0 unspecified atom stereocenters. The lowest BCUT2D eigenvalue weighted by molar-refractivity contribution is 0.319. The van der Waals surface area contributed by atoms with Gasteiger partial charge in [-0.2, -0.15) is 0 Å². The van der Waals surface area contributed by atoms with Gasteiger partial charge >= 0.3 is 5.12 Å². The molecule has 0 aliphatic carbocycles. The molecule has 190 valence electrons. The normalized spacial score (nSPS) is 10.9. The van der Waals surface area contributed by atoms with Gasteiger partial charge in [-0.15, -0.1) is 12.4 Å². The Balaban J connectivity index is 0.00000432. The van der Waals surface area contributed by atoms with Gasteiger partial charge in [0.25, 0.3) is 0 Å². The van der Waals surface area contributed by atoms with Crippen molar-refractivity contribution in [2.75, 3.05) is 40.1 Å². The zero-order chi connectivity index (χ0) is 24.7. The van der Waals surface area contributed by atoms with Crippen LogP contribution in [0.5, 0.6) is 11.5 Å². The second-order valence-electron chi connectivity index (χ2n) is 8.21. The molecule has 6 nitrogen and oxygen atoms in total. The fourth-order valence-electron chi connectivity index (χ4n) is 3.58. The third kappa shape index (κ3) is 7.22. The van der Waals surface area contributed by atoms with Gasteiger partial charge in [-0.3, -0.25) is 9.59 Å². The van der Waals surface area contributed by atoms with E-state index in [2.05, 4.69) is 4.90 Å². The van der Waals surface area contributed by atoms with Gasteiger partial charge in [-0.25, -0.2) is 4.39 Å². The molecule has 0 fully saturated rings. The molecule has 3 rings (SSSR count). The van der Waals surface area contributed by atoms with E-state index < -0.39 is 11.2 Å². The molecule has 35 heavy (non-hydrogen) atoms. The molecule has 0 aliphatic rings. The van der Waals surface area contributed by atoms with Gasteiger partial charge < -0.3 is 18.9 Å². The molecule has 3 aromatic rings. The monoisotopic (exact) mass is 523 g/mol. The number of thioether (sulfide) groups is 1. The number of nitrogens with zero attached hydrogens (tertiary/aromatic N) is 2. The summed E-state index contributed by atoms with van der Waals surface area (Å²) < 4.78 is 27.9. The number of methoxy groups -OCH3 is 1. The first kappa shape index (κ1) is 28.7. The number of carbonyl (C=O) groups excluding carboxylic acids is 1. The van der Waals surface area contributed by atoms with E-state index in [4.69, 9.17) is 9.47 Å². The fourth-order valence-corrected chi connectivity index (χ4v) is 4.51. The highest BCUT2D eigenvalue weighted by molar-refractivity contribution is 8.13. The highest BCUT2D eigenvalue weighted by atomic mass is 35.5. The predicted octanol–water partition coefficient (Wildman–Crippen LogP) is 5.21. The van der Waals surface area contributed by atoms with Crippen LogP contribution in [0.15, 0.2) is 47.4 Å². The predicted molar refractivity (Wildman–Crippen MR) is 146 cm³/mol. The van der Waals surface area contributed by atoms with E-state index >= 15 is 4.39 Å². The van der Waals surface area contributed by atoms with E-state index in [0.717, 1.165) is 18.7 Å². The summed E-state index contributed by atoms with van der Waals surface area (Å²) in [5, 5.41) is 0.286. The van der Waals surface area contributed by atoms with Gasteiger partial charge in [0, 0.05) is 30.6 Å². The van der Waals surface area contributed by atoms with Crippen LogP contribution in [0.2, 0.25) is 0 Å². The minimum atomic E-state index is -0.596. The number of ether oxygens (including phenoxy) is 2. The summed E-state index contributed by atoms with van der Waals surface area (Å²) in [7, 11) is 5.54. The van der Waals surface area contributed by atoms with Gasteiger partial charge in [0.2, 0.25) is 0 Å². The minimum Gasteiger partial charge on any atom is -0.497 e. The molecule has 2 aromatic carbocycles. The van der Waals surface area contributed by atoms with Crippen LogP contribution >= 0.6 is 24.2 Å². The molecule has 9 heteroatoms. The van der Waals surface area contributed by atoms with Crippen molar-refractivity contribution >= 4 is 40.2 Å². The number of aromatic nitrogens is 1. The third-order valence-electron chi connectivity index (χ3n) is 5.37. The third-order valence-corrected chi connectivity index (χ3v) is 6.29. The van der Waals surface area contributed by atoms with Crippen LogP contribution in [0.4, 0.5) is 4.39 Å². The largest absolute Gasteiger partial charge is 0.497 e. The molecule has 0 atom stereocenters. The molecule has 0 saturated heterocycles. The van der Waals surface area contributed by atoms with Crippen LogP contribution in [0, 0.1) is 5.82 Å². The van der Waals surface area contributed by atoms with Crippen LogP contribution in [0.25, 0.3) is 22.0 Å². The molecule has 0 amide bonds. The SMILES string of the molecule is CCCOc1ccc(F)c2c(=O)c(-c3ccc(OC)cc3)cn(CCC(=[OH+])SCCN(C)C)c12.Cl. The lowest BCUT2D eigenvalue weighted by atomic mass is 10.0. The average Bonchev–Trinajstić information content (AvgIpc) is 2.83. The molecule has 0 radical (unpaired) electrons. The van der Waals surface area contributed by atoms with Crippen molar-refractivity contribution < 1.29 is 18.7 Å². The Hall–Kier alpha value is -2.55. The average molecular weight is 524 g/mol. The lowest BCUT2D eigenvalue weighted by Gasteiger charge is -2.17. The lowest BCUT2D eigenvalue weighted by Crippen LogP contribution is -2.17. The Morgan fingerprint density at radius 1 is 1.17 bits per heavy atom. The van der Waals surface area contributed by atoms with E-state index in [0.29, 0.717) is 52.8 Å². The molecule has 0 aliphatic heterocycles. The summed E-state index contributed by atoms with van der Waals surface area (Å²) in [6.45, 7) is 3.65. The maximum absolute atomic E-state index is 15.0. The van der Waals surface area contributed by atoms with Gasteiger partial charge in [-0.05, 0) is 62.1 Å². The Labute approximate surface area is 215 Å². The zero-order valence-electron chi connectivity index (χ0n) is 20.5. The first-order chi connectivity index (χ1) is 16.3. The Morgan fingerprint density at radius 2 is 1.89 bits per heavy atom. The topological polar surface area (TPSA) is 65.1 Å². The minimum absolute atomic E-state index is 0. The fraction of sp³-hybridized carbons (Fsp3) is 0.385. The van der Waals surface area contributed by atoms with Crippen molar-refractivity contribution in [2.45, 2.75) is 26.3 Å². The van der Waals surface area contributed by atoms with E-state index in [1.165, 1.54) is 17.8 Å². The van der Waals surface area contributed by atoms with Crippen molar-refractivity contribution in [2.24, 2.45) is 0 Å². The second kappa shape index (κ2) is 13.5. The number of benzene rings is 2. The van der Waals surface area contributed by atoms with Crippen molar-refractivity contribution in [3.05, 3.63) is 58.6 Å². The first-order valence-corrected chi connectivity index (χ1v) is 12.3. The van der Waals surface area contributed by atoms with Crippen molar-refractivity contribution in [3.8, 4) is 22.6 Å². The van der Waals surface area contributed by atoms with Gasteiger partial charge in [0.15, 0.2) is 5.43 Å². The summed E-state index contributed by atoms with van der Waals surface area (Å²) in [6.07, 6.45) is 2.87. The van der Waals surface area contributed by atoms with E-state index in [9.17, 15) is 9.59 Å². The quantitative estimate of drug-likeness (QED) is 0.323. The molecule has 1 heterocycles. The molecular weight excluding hydrogens is 491 g/mol. The summed E-state index contributed by atoms with van der Waals surface area (Å²) in [5.74, 6) is 1.29. The number of hydrogen-bond donors (Lipinski definition) is 0. The van der Waals surface area contributed by atoms with Gasteiger partial charge in [-0.1, -0.05) is 19.1 Å². The number of aryl methyl sites for hydroxylation is 1. The van der Waals surface area contributed by atoms with Crippen LogP contribution in [0.3, 0.4) is 0 Å². The van der Waals surface area contributed by atoms with Crippen LogP contribution in [0.1, 0.15) is 19.8 Å². The van der Waals surface area contributed by atoms with Crippen molar-refractivity contribution in [1.82, 2.24) is 9.47 Å². The van der Waals surface area contributed by atoms with E-state index in [1.807, 2.05) is 25.6 Å². The number of halogens is 2. The maximum Gasteiger partial charge on any atom is 0.352 e. The Kier molecular flexibility index (Phi) is 11.1. The van der Waals surface area contributed by atoms with Crippen LogP contribution in [-0.2, 0) is 6.54 Å². The molecule has 1 aromatic heterocycles. The Bertz CT molecular complexity index is 1200. The highest BCUT2D eigenvalue weighted by Crippen LogP contribution is 2.30. The summed E-state index contributed by atoms with van der Waals surface area (Å²) in [6, 6.07) is 9.93. The number of hydrogen-bond acceptors (Lipinski definition) is 5. The molecule has 0 bridgehead atoms. The van der Waals surface area contributed by atoms with Crippen molar-refractivity contribution in [3.63, 3.8) is 0 Å². The highest BCUT2D eigenvalue weighted by Gasteiger charge is 2.20. The van der Waals surface area contributed by atoms with Gasteiger partial charge in [0.1, 0.15) is 17.3 Å². The Morgan fingerprint density at radius 3 is 2.51 bits per heavy atom. The summed E-state index contributed by atoms with van der Waals surface area (Å²) >= 11 is 1.39. The van der Waals surface area contributed by atoms with Crippen molar-refractivity contribution in [1.29, 1.82) is 0 Å². The van der Waals surface area contributed by atoms with E-state index in [1.54, 1.807) is 43.6 Å². The molecule has 0 saturated carbocycles. The standard InChI is InChI=1S/C26H31FN2O4S.ClH/c1-5-15-33-22-11-10-21(27)24-25(22)29(13-12-23(30)34-16-14-28(2)3)17-20(26(24)31)18-6-8-19(32-4)9-7-18;/h6-11,17H,5,12-16H2,1-4H3;1H/p+1. The summed E-state index contributed by atoms with van der Waals surface area (Å²) in [5.41, 5.74) is 1.04. The number of fused-ring (bicyclic) bond motifs is 1. The van der Waals surface area contributed by atoms with E-state index in [-0.39, 0.29) is 17.8 Å². The van der Waals surface area contributed by atoms with Crippen LogP contribution in [-0.4, -0.2) is 59.5 Å². The second-order valence-corrected chi connectivity index (χ2v) is 9.38. The molecule has 0 spiro atoms. The van der Waals surface area contributed by atoms with Crippen LogP contribution < -0.4 is 14.9 Å². The van der Waals surface area contributed by atoms with Gasteiger partial charge in [0.05, 0.1) is 31.0 Å². The first-order valence-electron chi connectivity index (χ1n) is 11.3. The maximum atomic E-state index is 15.0. The molecular formula is C26H33ClFN2O4S+. The number of pyridine rings is 1. The smallest absolute Gasteiger partial charge is 0.352 e. The molecule has 1 N–H and O–H groups in total. The number of rotatable bonds is 11. The zero-order valence-corrected chi connectivity index (χ0v) is 22.2.